The maximum Gasteiger partial charge on any atom is 0.264 e. The molecule has 2 aromatic rings. The van der Waals surface area contributed by atoms with Crippen LogP contribution in [-0.4, -0.2) is 28.0 Å². The molecule has 0 atom stereocenters. The van der Waals surface area contributed by atoms with Gasteiger partial charge in [-0.3, -0.25) is 4.79 Å². The average molecular weight is 349 g/mol. The SMILES string of the molecule is Cc1cc(CS(=O)(=O)c2ccc3c(c2)N(C)C(=O)CO3)ccc1F. The second-order valence-electron chi connectivity index (χ2n) is 5.71. The van der Waals surface area contributed by atoms with Crippen LogP contribution in [-0.2, 0) is 20.4 Å². The van der Waals surface area contributed by atoms with E-state index in [0.717, 1.165) is 0 Å². The van der Waals surface area contributed by atoms with Crippen molar-refractivity contribution in [2.24, 2.45) is 0 Å². The number of aryl methyl sites for hydroxylation is 1. The molecule has 0 unspecified atom stereocenters. The lowest BCUT2D eigenvalue weighted by molar-refractivity contribution is -0.120. The zero-order valence-corrected chi connectivity index (χ0v) is 14.1. The molecule has 0 radical (unpaired) electrons. The molecule has 0 saturated heterocycles. The van der Waals surface area contributed by atoms with E-state index in [0.29, 0.717) is 22.6 Å². The minimum absolute atomic E-state index is 0.0650. The molecule has 0 bridgehead atoms. The van der Waals surface area contributed by atoms with Crippen molar-refractivity contribution < 1.29 is 22.3 Å². The maximum absolute atomic E-state index is 13.3. The van der Waals surface area contributed by atoms with Gasteiger partial charge < -0.3 is 9.64 Å². The summed E-state index contributed by atoms with van der Waals surface area (Å²) in [6.45, 7) is 1.52. The normalized spacial score (nSPS) is 14.3. The minimum Gasteiger partial charge on any atom is -0.482 e. The molecule has 1 aliphatic rings. The number of fused-ring (bicyclic) bond motifs is 1. The van der Waals surface area contributed by atoms with E-state index in [9.17, 15) is 17.6 Å². The number of halogens is 1. The van der Waals surface area contributed by atoms with Crippen molar-refractivity contribution in [1.29, 1.82) is 0 Å². The molecule has 1 amide bonds. The maximum atomic E-state index is 13.3. The van der Waals surface area contributed by atoms with Gasteiger partial charge in [0.05, 0.1) is 16.3 Å². The number of likely N-dealkylation sites (N-methyl/N-ethyl adjacent to an activating group) is 1. The Kier molecular flexibility index (Phi) is 4.04. The van der Waals surface area contributed by atoms with E-state index in [1.54, 1.807) is 20.0 Å². The summed E-state index contributed by atoms with van der Waals surface area (Å²) >= 11 is 0. The summed E-state index contributed by atoms with van der Waals surface area (Å²) in [5.74, 6) is -0.395. The highest BCUT2D eigenvalue weighted by atomic mass is 32.2. The molecule has 24 heavy (non-hydrogen) atoms. The molecule has 7 heteroatoms. The second-order valence-corrected chi connectivity index (χ2v) is 7.70. The molecule has 0 fully saturated rings. The van der Waals surface area contributed by atoms with Crippen molar-refractivity contribution in [3.05, 3.63) is 53.3 Å². The average Bonchev–Trinajstić information content (AvgIpc) is 2.54. The van der Waals surface area contributed by atoms with Gasteiger partial charge in [0.1, 0.15) is 11.6 Å². The Labute approximate surface area is 139 Å². The van der Waals surface area contributed by atoms with Gasteiger partial charge in [-0.25, -0.2) is 12.8 Å². The number of hydrogen-bond acceptors (Lipinski definition) is 4. The van der Waals surface area contributed by atoms with Gasteiger partial charge in [-0.2, -0.15) is 0 Å². The molecular weight excluding hydrogens is 333 g/mol. The van der Waals surface area contributed by atoms with Gasteiger partial charge >= 0.3 is 0 Å². The number of rotatable bonds is 3. The van der Waals surface area contributed by atoms with Gasteiger partial charge in [0, 0.05) is 7.05 Å². The molecule has 1 aliphatic heterocycles. The van der Waals surface area contributed by atoms with Gasteiger partial charge in [0.15, 0.2) is 16.4 Å². The van der Waals surface area contributed by atoms with Crippen molar-refractivity contribution >= 4 is 21.4 Å². The Morgan fingerprint density at radius 2 is 1.96 bits per heavy atom. The first-order chi connectivity index (χ1) is 11.3. The summed E-state index contributed by atoms with van der Waals surface area (Å²) in [7, 11) is -2.06. The summed E-state index contributed by atoms with van der Waals surface area (Å²) in [5, 5.41) is 0. The van der Waals surface area contributed by atoms with Crippen LogP contribution < -0.4 is 9.64 Å². The van der Waals surface area contributed by atoms with Gasteiger partial charge in [-0.1, -0.05) is 12.1 Å². The van der Waals surface area contributed by atoms with Crippen LogP contribution in [0.5, 0.6) is 5.75 Å². The lowest BCUT2D eigenvalue weighted by atomic mass is 10.1. The van der Waals surface area contributed by atoms with E-state index in [2.05, 4.69) is 0 Å². The predicted molar refractivity (Wildman–Crippen MR) is 87.4 cm³/mol. The van der Waals surface area contributed by atoms with E-state index in [-0.39, 0.29) is 29.0 Å². The van der Waals surface area contributed by atoms with Crippen LogP contribution in [0.25, 0.3) is 0 Å². The van der Waals surface area contributed by atoms with Crippen molar-refractivity contribution in [3.8, 4) is 5.75 Å². The number of hydrogen-bond donors (Lipinski definition) is 0. The Balaban J connectivity index is 1.95. The van der Waals surface area contributed by atoms with E-state index in [1.165, 1.54) is 35.2 Å². The number of carbonyl (C=O) groups excluding carboxylic acids is 1. The van der Waals surface area contributed by atoms with Crippen molar-refractivity contribution in [1.82, 2.24) is 0 Å². The number of anilines is 1. The van der Waals surface area contributed by atoms with E-state index >= 15 is 0 Å². The standard InChI is InChI=1S/C17H16FNO4S/c1-11-7-12(3-5-14(11)18)10-24(21,22)13-4-6-16-15(8-13)19(2)17(20)9-23-16/h3-8H,9-10H2,1-2H3. The third kappa shape index (κ3) is 2.99. The fraction of sp³-hybridized carbons (Fsp3) is 0.235. The second kappa shape index (κ2) is 5.90. The first kappa shape index (κ1) is 16.4. The monoisotopic (exact) mass is 349 g/mol. The van der Waals surface area contributed by atoms with Gasteiger partial charge in [-0.15, -0.1) is 0 Å². The molecule has 1 heterocycles. The fourth-order valence-electron chi connectivity index (χ4n) is 2.54. The third-order valence-corrected chi connectivity index (χ3v) is 5.64. The van der Waals surface area contributed by atoms with Crippen LogP contribution in [0.4, 0.5) is 10.1 Å². The molecule has 0 N–H and O–H groups in total. The van der Waals surface area contributed by atoms with E-state index < -0.39 is 9.84 Å². The zero-order chi connectivity index (χ0) is 17.5. The molecular formula is C17H16FNO4S. The molecule has 0 aliphatic carbocycles. The quantitative estimate of drug-likeness (QED) is 0.854. The first-order valence-corrected chi connectivity index (χ1v) is 8.94. The molecule has 126 valence electrons. The highest BCUT2D eigenvalue weighted by Crippen LogP contribution is 2.34. The van der Waals surface area contributed by atoms with Gasteiger partial charge in [0.2, 0.25) is 0 Å². The van der Waals surface area contributed by atoms with Crippen LogP contribution in [0, 0.1) is 12.7 Å². The summed E-state index contributed by atoms with van der Waals surface area (Å²) in [4.78, 5) is 13.2. The molecule has 0 saturated carbocycles. The highest BCUT2D eigenvalue weighted by molar-refractivity contribution is 7.90. The minimum atomic E-state index is -3.63. The van der Waals surface area contributed by atoms with Crippen molar-refractivity contribution in [3.63, 3.8) is 0 Å². The number of carbonyl (C=O) groups is 1. The molecule has 0 aromatic heterocycles. The number of benzene rings is 2. The number of ether oxygens (including phenoxy) is 1. The zero-order valence-electron chi connectivity index (χ0n) is 13.2. The van der Waals surface area contributed by atoms with E-state index in [1.807, 2.05) is 0 Å². The lowest BCUT2D eigenvalue weighted by Crippen LogP contribution is -2.35. The Hall–Kier alpha value is -2.41. The van der Waals surface area contributed by atoms with Crippen LogP contribution in [0.3, 0.4) is 0 Å². The molecule has 5 nitrogen and oxygen atoms in total. The lowest BCUT2D eigenvalue weighted by Gasteiger charge is -2.26. The summed E-state index contributed by atoms with van der Waals surface area (Å²) < 4.78 is 43.9. The van der Waals surface area contributed by atoms with E-state index in [4.69, 9.17) is 4.74 Å². The Morgan fingerprint density at radius 3 is 2.67 bits per heavy atom. The molecule has 0 spiro atoms. The number of amides is 1. The van der Waals surface area contributed by atoms with Gasteiger partial charge in [-0.05, 0) is 42.3 Å². The third-order valence-electron chi connectivity index (χ3n) is 3.96. The molecule has 3 rings (SSSR count). The van der Waals surface area contributed by atoms with Crippen LogP contribution >= 0.6 is 0 Å². The topological polar surface area (TPSA) is 63.7 Å². The van der Waals surface area contributed by atoms with Crippen LogP contribution in [0.15, 0.2) is 41.3 Å². The van der Waals surface area contributed by atoms with Crippen LogP contribution in [0.1, 0.15) is 11.1 Å². The largest absolute Gasteiger partial charge is 0.482 e. The van der Waals surface area contributed by atoms with Gasteiger partial charge in [0.25, 0.3) is 5.91 Å². The van der Waals surface area contributed by atoms with Crippen molar-refractivity contribution in [2.45, 2.75) is 17.6 Å². The Bertz CT molecular complexity index is 924. The van der Waals surface area contributed by atoms with Crippen molar-refractivity contribution in [2.75, 3.05) is 18.6 Å². The number of sulfone groups is 1. The highest BCUT2D eigenvalue weighted by Gasteiger charge is 2.25. The summed E-state index contributed by atoms with van der Waals surface area (Å²) in [5.41, 5.74) is 1.32. The predicted octanol–water partition coefficient (Wildman–Crippen LogP) is 2.46. The fourth-order valence-corrected chi connectivity index (χ4v) is 3.90. The number of nitrogens with zero attached hydrogens (tertiary/aromatic N) is 1. The Morgan fingerprint density at radius 1 is 1.21 bits per heavy atom. The van der Waals surface area contributed by atoms with Crippen LogP contribution in [0.2, 0.25) is 0 Å². The smallest absolute Gasteiger partial charge is 0.264 e. The first-order valence-electron chi connectivity index (χ1n) is 7.29. The molecule has 2 aromatic carbocycles. The summed E-state index contributed by atoms with van der Waals surface area (Å²) in [6, 6.07) is 8.65. The summed E-state index contributed by atoms with van der Waals surface area (Å²) in [6.07, 6.45) is 0.